The summed E-state index contributed by atoms with van der Waals surface area (Å²) in [7, 11) is 0. The Hall–Kier alpha value is -0.860. The second-order valence-corrected chi connectivity index (χ2v) is 7.87. The van der Waals surface area contributed by atoms with E-state index in [0.29, 0.717) is 12.6 Å². The smallest absolute Gasteiger partial charge is 0.191 e. The average Bonchev–Trinajstić information content (AvgIpc) is 2.73. The summed E-state index contributed by atoms with van der Waals surface area (Å²) in [5.74, 6) is 0.890. The molecular weight excluding hydrogens is 463 g/mol. The Kier molecular flexibility index (Phi) is 10.6. The fraction of sp³-hybridized carbons (Fsp3) is 0.682. The Bertz CT molecular complexity index is 596. The molecule has 1 aliphatic heterocycles. The molecule has 0 amide bonds. The van der Waals surface area contributed by atoms with E-state index in [2.05, 4.69) is 22.5 Å². The zero-order valence-electron chi connectivity index (χ0n) is 17.2. The second kappa shape index (κ2) is 12.6. The number of hydrogen-bond donors (Lipinski definition) is 3. The van der Waals surface area contributed by atoms with E-state index in [4.69, 9.17) is 4.99 Å². The molecule has 1 saturated carbocycles. The second-order valence-electron chi connectivity index (χ2n) is 7.87. The van der Waals surface area contributed by atoms with Crippen molar-refractivity contribution < 1.29 is 5.11 Å². The number of benzene rings is 1. The van der Waals surface area contributed by atoms with Crippen LogP contribution in [0.5, 0.6) is 0 Å². The van der Waals surface area contributed by atoms with Crippen LogP contribution in [0.25, 0.3) is 0 Å². The van der Waals surface area contributed by atoms with Crippen molar-refractivity contribution in [2.75, 3.05) is 19.6 Å². The number of halogens is 1. The van der Waals surface area contributed by atoms with Gasteiger partial charge in [-0.15, -0.1) is 24.0 Å². The van der Waals surface area contributed by atoms with Crippen LogP contribution < -0.4 is 10.6 Å². The number of hydrogen-bond acceptors (Lipinski definition) is 3. The largest absolute Gasteiger partial charge is 0.392 e. The summed E-state index contributed by atoms with van der Waals surface area (Å²) in [6.07, 6.45) is 9.42. The molecule has 1 aromatic rings. The number of guanidine groups is 1. The van der Waals surface area contributed by atoms with Crippen molar-refractivity contribution in [3.63, 3.8) is 0 Å². The molecule has 3 rings (SSSR count). The first-order valence-electron chi connectivity index (χ1n) is 10.8. The number of piperidine rings is 1. The molecule has 2 fully saturated rings. The van der Waals surface area contributed by atoms with Gasteiger partial charge < -0.3 is 20.6 Å². The van der Waals surface area contributed by atoms with Crippen LogP contribution in [0.4, 0.5) is 0 Å². The number of likely N-dealkylation sites (tertiary alicyclic amines) is 1. The van der Waals surface area contributed by atoms with E-state index in [1.807, 2.05) is 24.3 Å². The summed E-state index contributed by atoms with van der Waals surface area (Å²) >= 11 is 0. The van der Waals surface area contributed by atoms with Gasteiger partial charge in [-0.3, -0.25) is 0 Å². The molecule has 1 heterocycles. The molecule has 2 aliphatic rings. The number of aliphatic imine (C=N–C) groups is 1. The lowest BCUT2D eigenvalue weighted by Crippen LogP contribution is -2.50. The fourth-order valence-corrected chi connectivity index (χ4v) is 4.40. The van der Waals surface area contributed by atoms with Gasteiger partial charge in [0.05, 0.1) is 13.2 Å². The lowest BCUT2D eigenvalue weighted by Gasteiger charge is -2.39. The summed E-state index contributed by atoms with van der Waals surface area (Å²) in [5, 5.41) is 16.5. The summed E-state index contributed by atoms with van der Waals surface area (Å²) in [6, 6.07) is 9.30. The van der Waals surface area contributed by atoms with E-state index in [0.717, 1.165) is 29.7 Å². The van der Waals surface area contributed by atoms with Gasteiger partial charge in [0.25, 0.3) is 0 Å². The van der Waals surface area contributed by atoms with Crippen LogP contribution in [-0.4, -0.2) is 47.7 Å². The highest BCUT2D eigenvalue weighted by Crippen LogP contribution is 2.25. The van der Waals surface area contributed by atoms with Gasteiger partial charge >= 0.3 is 0 Å². The Balaban J connectivity index is 0.00000280. The molecule has 28 heavy (non-hydrogen) atoms. The number of nitrogens with zero attached hydrogens (tertiary/aromatic N) is 2. The summed E-state index contributed by atoms with van der Waals surface area (Å²) in [5.41, 5.74) is 2.04. The molecule has 0 spiro atoms. The van der Waals surface area contributed by atoms with E-state index >= 15 is 0 Å². The molecular formula is C22H37IN4O. The first kappa shape index (κ1) is 23.4. The van der Waals surface area contributed by atoms with E-state index in [1.54, 1.807) is 0 Å². The standard InChI is InChI=1S/C22H36N4O.HI/c1-2-23-22(24-16-18-8-6-7-9-19(18)17-27)25-20-12-14-26(15-13-20)21-10-4-3-5-11-21;/h6-9,20-21,27H,2-5,10-17H2,1H3,(H2,23,24,25);1H. The summed E-state index contributed by atoms with van der Waals surface area (Å²) in [6.45, 7) is 6.02. The fourth-order valence-electron chi connectivity index (χ4n) is 4.40. The normalized spacial score (nSPS) is 19.9. The van der Waals surface area contributed by atoms with Crippen molar-refractivity contribution >= 4 is 29.9 Å². The maximum absolute atomic E-state index is 9.50. The van der Waals surface area contributed by atoms with Crippen molar-refractivity contribution in [2.24, 2.45) is 4.99 Å². The Morgan fingerprint density at radius 3 is 2.39 bits per heavy atom. The highest BCUT2D eigenvalue weighted by Gasteiger charge is 2.26. The minimum atomic E-state index is 0. The Morgan fingerprint density at radius 2 is 1.75 bits per heavy atom. The van der Waals surface area contributed by atoms with Crippen LogP contribution in [0.3, 0.4) is 0 Å². The minimum absolute atomic E-state index is 0. The topological polar surface area (TPSA) is 59.9 Å². The minimum Gasteiger partial charge on any atom is -0.392 e. The van der Waals surface area contributed by atoms with E-state index in [1.165, 1.54) is 58.0 Å². The molecule has 0 unspecified atom stereocenters. The third kappa shape index (κ3) is 6.88. The molecule has 0 atom stereocenters. The molecule has 3 N–H and O–H groups in total. The van der Waals surface area contributed by atoms with Gasteiger partial charge in [0.2, 0.25) is 0 Å². The maximum Gasteiger partial charge on any atom is 0.191 e. The zero-order valence-corrected chi connectivity index (χ0v) is 19.5. The molecule has 0 radical (unpaired) electrons. The van der Waals surface area contributed by atoms with E-state index in [9.17, 15) is 5.11 Å². The first-order chi connectivity index (χ1) is 13.3. The lowest BCUT2D eigenvalue weighted by molar-refractivity contribution is 0.119. The van der Waals surface area contributed by atoms with E-state index < -0.39 is 0 Å². The van der Waals surface area contributed by atoms with E-state index in [-0.39, 0.29) is 30.6 Å². The van der Waals surface area contributed by atoms with Crippen LogP contribution in [0.1, 0.15) is 63.0 Å². The highest BCUT2D eigenvalue weighted by atomic mass is 127. The average molecular weight is 500 g/mol. The van der Waals surface area contributed by atoms with Crippen LogP contribution in [0, 0.1) is 0 Å². The van der Waals surface area contributed by atoms with Crippen LogP contribution in [0.15, 0.2) is 29.3 Å². The van der Waals surface area contributed by atoms with Gasteiger partial charge in [0.15, 0.2) is 5.96 Å². The van der Waals surface area contributed by atoms with Gasteiger partial charge in [0.1, 0.15) is 0 Å². The van der Waals surface area contributed by atoms with Gasteiger partial charge in [-0.2, -0.15) is 0 Å². The maximum atomic E-state index is 9.50. The van der Waals surface area contributed by atoms with Gasteiger partial charge in [-0.1, -0.05) is 43.5 Å². The third-order valence-electron chi connectivity index (χ3n) is 6.00. The molecule has 0 bridgehead atoms. The SMILES string of the molecule is CCNC(=NCc1ccccc1CO)NC1CCN(C2CCCCC2)CC1.I. The molecule has 0 aromatic heterocycles. The summed E-state index contributed by atoms with van der Waals surface area (Å²) in [4.78, 5) is 7.49. The van der Waals surface area contributed by atoms with Gasteiger partial charge in [-0.05, 0) is 43.7 Å². The quantitative estimate of drug-likeness (QED) is 0.317. The Morgan fingerprint density at radius 1 is 1.07 bits per heavy atom. The molecule has 1 aliphatic carbocycles. The lowest BCUT2D eigenvalue weighted by atomic mass is 9.92. The molecule has 6 heteroatoms. The number of aliphatic hydroxyl groups is 1. The number of aliphatic hydroxyl groups excluding tert-OH is 1. The zero-order chi connectivity index (χ0) is 18.9. The van der Waals surface area contributed by atoms with Gasteiger partial charge in [0, 0.05) is 31.7 Å². The van der Waals surface area contributed by atoms with Crippen LogP contribution in [0.2, 0.25) is 0 Å². The van der Waals surface area contributed by atoms with Crippen LogP contribution in [-0.2, 0) is 13.2 Å². The molecule has 5 nitrogen and oxygen atoms in total. The monoisotopic (exact) mass is 500 g/mol. The third-order valence-corrected chi connectivity index (χ3v) is 6.00. The van der Waals surface area contributed by atoms with Crippen molar-refractivity contribution in [1.82, 2.24) is 15.5 Å². The number of nitrogens with one attached hydrogen (secondary N) is 2. The van der Waals surface area contributed by atoms with Crippen LogP contribution >= 0.6 is 24.0 Å². The van der Waals surface area contributed by atoms with Gasteiger partial charge in [-0.25, -0.2) is 4.99 Å². The Labute approximate surface area is 187 Å². The number of rotatable bonds is 6. The molecule has 158 valence electrons. The highest BCUT2D eigenvalue weighted by molar-refractivity contribution is 14.0. The van der Waals surface area contributed by atoms with Crippen molar-refractivity contribution in [1.29, 1.82) is 0 Å². The van der Waals surface area contributed by atoms with Crippen molar-refractivity contribution in [3.05, 3.63) is 35.4 Å². The predicted octanol–water partition coefficient (Wildman–Crippen LogP) is 3.65. The molecule has 1 saturated heterocycles. The predicted molar refractivity (Wildman–Crippen MR) is 127 cm³/mol. The molecule has 1 aromatic carbocycles. The first-order valence-corrected chi connectivity index (χ1v) is 10.8. The van der Waals surface area contributed by atoms with Crippen molar-refractivity contribution in [2.45, 2.75) is 77.1 Å². The van der Waals surface area contributed by atoms with Crippen molar-refractivity contribution in [3.8, 4) is 0 Å². The summed E-state index contributed by atoms with van der Waals surface area (Å²) < 4.78 is 0.